The number of carboxylic acid groups (broad SMARTS) is 1. The Hall–Kier alpha value is -3.17. The van der Waals surface area contributed by atoms with Gasteiger partial charge in [0.15, 0.2) is 9.84 Å². The minimum atomic E-state index is -5.08. The number of halogens is 3. The number of alkyl halides is 3. The van der Waals surface area contributed by atoms with Crippen molar-refractivity contribution in [2.45, 2.75) is 110 Å². The molecular weight excluding hydrogens is 786 g/mol. The van der Waals surface area contributed by atoms with Gasteiger partial charge in [-0.05, 0) is 120 Å². The minimum absolute atomic E-state index is 0.00295. The number of sulfone groups is 1. The van der Waals surface area contributed by atoms with Gasteiger partial charge in [0, 0.05) is 50.7 Å². The van der Waals surface area contributed by atoms with E-state index < -0.39 is 22.0 Å². The van der Waals surface area contributed by atoms with E-state index in [-0.39, 0.29) is 56.7 Å². The molecule has 5 aliphatic carbocycles. The summed E-state index contributed by atoms with van der Waals surface area (Å²) in [5.41, 5.74) is 3.72. The monoisotopic (exact) mass is 850 g/mol. The van der Waals surface area contributed by atoms with E-state index in [0.29, 0.717) is 42.3 Å². The largest absolute Gasteiger partial charge is 0.490 e. The molecule has 6 aliphatic rings. The number of nitrogens with zero attached hydrogens (tertiary/aromatic N) is 1. The fourth-order valence-electron chi connectivity index (χ4n) is 13.7. The van der Waals surface area contributed by atoms with Gasteiger partial charge in [0.05, 0.1) is 24.2 Å². The van der Waals surface area contributed by atoms with Crippen LogP contribution in [0.4, 0.5) is 18.0 Å². The number of rotatable bonds is 7. The fraction of sp³-hybridized carbons (Fsp3) is 0.750. The standard InChI is InChI=1S/C42H64N4O5S.C2HF3O2/c1-38(2)30(28-8-10-29(11-9-28)36(47)51-7)14-17-39(3)33(38)16-18-41(5)34(39)13-12-31-35-32(45-37(48)43-6)15-19-42(35,21-20-40(31,41)4)44-22-23-46-24-26-52(49,50)27-25-46;3-2(4,5)1(6)7/h8-11,14,31-35,44H,12-13,15-27H2,1-7H3,(H2,43,45,48);(H,6,7)/t31-,32-,33+,34-,35+,39+,40-,41-,42+;/m1./s1. The summed E-state index contributed by atoms with van der Waals surface area (Å²) in [5.74, 6) is -0.496. The van der Waals surface area contributed by atoms with Crippen molar-refractivity contribution in [3.8, 4) is 0 Å². The van der Waals surface area contributed by atoms with Crippen LogP contribution in [-0.4, -0.2) is 106 Å². The number of hydrogen-bond acceptors (Lipinski definition) is 8. The number of urea groups is 1. The summed E-state index contributed by atoms with van der Waals surface area (Å²) in [6.07, 6.45) is 7.73. The number of benzene rings is 1. The molecule has 330 valence electrons. The lowest BCUT2D eigenvalue weighted by Gasteiger charge is -2.72. The first-order valence-electron chi connectivity index (χ1n) is 21.3. The molecule has 1 heterocycles. The molecule has 4 N–H and O–H groups in total. The Kier molecular flexibility index (Phi) is 12.5. The number of carbonyl (C=O) groups excluding carboxylic acids is 2. The molecule has 1 aliphatic heterocycles. The van der Waals surface area contributed by atoms with Crippen molar-refractivity contribution >= 4 is 33.4 Å². The lowest BCUT2D eigenvalue weighted by molar-refractivity contribution is -0.218. The number of carboxylic acids is 1. The lowest BCUT2D eigenvalue weighted by atomic mass is 9.33. The van der Waals surface area contributed by atoms with Gasteiger partial charge >= 0.3 is 24.1 Å². The van der Waals surface area contributed by atoms with Gasteiger partial charge < -0.3 is 30.7 Å². The summed E-state index contributed by atoms with van der Waals surface area (Å²) in [7, 11) is 0.248. The van der Waals surface area contributed by atoms with Crippen molar-refractivity contribution in [1.29, 1.82) is 0 Å². The maximum atomic E-state index is 12.9. The second-order valence-corrected chi connectivity index (χ2v) is 21.9. The lowest BCUT2D eigenvalue weighted by Crippen LogP contribution is -2.69. The zero-order valence-corrected chi connectivity index (χ0v) is 36.6. The van der Waals surface area contributed by atoms with Crippen LogP contribution in [0.3, 0.4) is 0 Å². The van der Waals surface area contributed by atoms with Crippen molar-refractivity contribution in [2.75, 3.05) is 51.8 Å². The van der Waals surface area contributed by atoms with E-state index in [4.69, 9.17) is 14.6 Å². The van der Waals surface area contributed by atoms with E-state index in [9.17, 15) is 31.2 Å². The van der Waals surface area contributed by atoms with Gasteiger partial charge in [-0.3, -0.25) is 0 Å². The number of esters is 1. The highest BCUT2D eigenvalue weighted by Crippen LogP contribution is 2.76. The molecule has 0 unspecified atom stereocenters. The van der Waals surface area contributed by atoms with Gasteiger partial charge in [0.1, 0.15) is 0 Å². The topological polar surface area (TPSA) is 154 Å². The van der Waals surface area contributed by atoms with Crippen molar-refractivity contribution in [3.05, 3.63) is 41.5 Å². The molecule has 0 aromatic heterocycles. The molecule has 1 aromatic rings. The molecule has 4 saturated carbocycles. The van der Waals surface area contributed by atoms with Crippen LogP contribution in [0.2, 0.25) is 0 Å². The summed E-state index contributed by atoms with van der Waals surface area (Å²) >= 11 is 0. The van der Waals surface area contributed by atoms with Crippen molar-refractivity contribution < 1.29 is 45.8 Å². The van der Waals surface area contributed by atoms with E-state index in [0.717, 1.165) is 38.8 Å². The van der Waals surface area contributed by atoms with Crippen LogP contribution in [-0.2, 0) is 19.4 Å². The minimum Gasteiger partial charge on any atom is -0.475 e. The van der Waals surface area contributed by atoms with E-state index in [1.807, 2.05) is 12.1 Å². The van der Waals surface area contributed by atoms with Gasteiger partial charge in [-0.1, -0.05) is 52.8 Å². The van der Waals surface area contributed by atoms with Crippen LogP contribution in [0.5, 0.6) is 0 Å². The molecule has 11 nitrogen and oxygen atoms in total. The molecule has 1 aromatic carbocycles. The molecule has 0 bridgehead atoms. The average molecular weight is 851 g/mol. The van der Waals surface area contributed by atoms with E-state index in [1.54, 1.807) is 7.05 Å². The number of hydrogen-bond donors (Lipinski definition) is 4. The van der Waals surface area contributed by atoms with Crippen LogP contribution >= 0.6 is 0 Å². The Labute approximate surface area is 348 Å². The SMILES string of the molecule is CNC(=O)N[C@@H]1CC[C@]2(NCCN3CCS(=O)(=O)CC3)CC[C@]3(C)[C@H](CC[C@@H]4[C@@]5(C)CC=C(c6ccc(C(=O)OC)cc6)C(C)(C)[C@@H]5CC[C@]43C)[C@@H]12.O=C(O)C(F)(F)F. The summed E-state index contributed by atoms with van der Waals surface area (Å²) in [6.45, 7) is 15.8. The van der Waals surface area contributed by atoms with Crippen LogP contribution in [0.15, 0.2) is 30.3 Å². The summed E-state index contributed by atoms with van der Waals surface area (Å²) in [5, 5.41) is 17.5. The van der Waals surface area contributed by atoms with Crippen LogP contribution in [0.25, 0.3) is 5.57 Å². The van der Waals surface area contributed by atoms with Gasteiger partial charge in [-0.2, -0.15) is 13.2 Å². The summed E-state index contributed by atoms with van der Waals surface area (Å²) in [6, 6.07) is 8.06. The molecule has 9 atom stereocenters. The van der Waals surface area contributed by atoms with Crippen molar-refractivity contribution in [1.82, 2.24) is 20.9 Å². The number of allylic oxidation sites excluding steroid dienone is 2. The third kappa shape index (κ3) is 8.17. The smallest absolute Gasteiger partial charge is 0.475 e. The van der Waals surface area contributed by atoms with E-state index >= 15 is 0 Å². The third-order valence-electron chi connectivity index (χ3n) is 16.8. The van der Waals surface area contributed by atoms with Gasteiger partial charge in [0.25, 0.3) is 0 Å². The molecular formula is C44H65F3N4O7S. The number of methoxy groups -OCH3 is 1. The van der Waals surface area contributed by atoms with Crippen LogP contribution < -0.4 is 16.0 Å². The summed E-state index contributed by atoms with van der Waals surface area (Å²) in [4.78, 5) is 36.2. The number of carbonyl (C=O) groups is 3. The molecule has 59 heavy (non-hydrogen) atoms. The van der Waals surface area contributed by atoms with Gasteiger partial charge in [-0.25, -0.2) is 22.8 Å². The first-order valence-corrected chi connectivity index (χ1v) is 23.2. The predicted molar refractivity (Wildman–Crippen MR) is 220 cm³/mol. The Bertz CT molecular complexity index is 1890. The fourth-order valence-corrected chi connectivity index (χ4v) is 15.0. The molecule has 15 heteroatoms. The molecule has 0 radical (unpaired) electrons. The Morgan fingerprint density at radius 3 is 2.14 bits per heavy atom. The Morgan fingerprint density at radius 1 is 0.898 bits per heavy atom. The van der Waals surface area contributed by atoms with E-state index in [1.165, 1.54) is 50.4 Å². The number of amides is 2. The number of ether oxygens (including phenoxy) is 1. The zero-order chi connectivity index (χ0) is 43.4. The number of nitrogens with one attached hydrogen (secondary N) is 3. The van der Waals surface area contributed by atoms with Crippen molar-refractivity contribution in [3.63, 3.8) is 0 Å². The predicted octanol–water partition coefficient (Wildman–Crippen LogP) is 6.94. The Balaban J connectivity index is 0.000000768. The van der Waals surface area contributed by atoms with Gasteiger partial charge in [-0.15, -0.1) is 0 Å². The molecule has 0 spiro atoms. The first-order chi connectivity index (χ1) is 27.5. The normalized spacial score (nSPS) is 37.1. The first kappa shape index (κ1) is 45.4. The van der Waals surface area contributed by atoms with Crippen LogP contribution in [0, 0.1) is 45.3 Å². The second-order valence-electron chi connectivity index (χ2n) is 19.6. The number of fused-ring (bicyclic) bond motifs is 7. The molecule has 5 fully saturated rings. The maximum Gasteiger partial charge on any atom is 0.490 e. The molecule has 2 amide bonds. The number of aliphatic carboxylic acids is 1. The third-order valence-corrected chi connectivity index (χ3v) is 18.4. The highest BCUT2D eigenvalue weighted by molar-refractivity contribution is 7.91. The highest BCUT2D eigenvalue weighted by Gasteiger charge is 2.70. The zero-order valence-electron chi connectivity index (χ0n) is 35.8. The van der Waals surface area contributed by atoms with Crippen molar-refractivity contribution in [2.24, 2.45) is 45.3 Å². The van der Waals surface area contributed by atoms with E-state index in [2.05, 4.69) is 73.7 Å². The maximum absolute atomic E-state index is 12.9. The molecule has 1 saturated heterocycles. The van der Waals surface area contributed by atoms with Crippen LogP contribution in [0.1, 0.15) is 108 Å². The molecule has 7 rings (SSSR count). The highest BCUT2D eigenvalue weighted by atomic mass is 32.2. The quantitative estimate of drug-likeness (QED) is 0.214. The Morgan fingerprint density at radius 2 is 1.54 bits per heavy atom. The second kappa shape index (κ2) is 16.3. The summed E-state index contributed by atoms with van der Waals surface area (Å²) < 4.78 is 60.8. The average Bonchev–Trinajstić information content (AvgIpc) is 3.52. The van der Waals surface area contributed by atoms with Gasteiger partial charge in [0.2, 0.25) is 0 Å².